The number of fused-ring (bicyclic) bond motifs is 1. The zero-order valence-electron chi connectivity index (χ0n) is 20.7. The van der Waals surface area contributed by atoms with Crippen LogP contribution in [-0.4, -0.2) is 31.2 Å². The molecular formula is C28H26N6O3. The molecule has 2 heterocycles. The molecule has 0 unspecified atom stereocenters. The molecule has 0 atom stereocenters. The minimum atomic E-state index is -0.586. The molecule has 2 N–H and O–H groups in total. The van der Waals surface area contributed by atoms with Crippen molar-refractivity contribution in [2.75, 3.05) is 10.6 Å². The molecule has 0 saturated carbocycles. The summed E-state index contributed by atoms with van der Waals surface area (Å²) in [5.74, 6) is 1.93. The topological polar surface area (TPSA) is 103 Å². The Labute approximate surface area is 214 Å². The number of nitrogens with one attached hydrogen (secondary N) is 2. The van der Waals surface area contributed by atoms with E-state index in [0.717, 1.165) is 22.9 Å². The van der Waals surface area contributed by atoms with Gasteiger partial charge in [-0.1, -0.05) is 24.3 Å². The van der Waals surface area contributed by atoms with Gasteiger partial charge in [0.1, 0.15) is 28.9 Å². The standard InChI is InChI=1S/C28H26N6O3/c1-28(2,3)37-27(35)32-20-8-7-9-21(16-20)34-18-30-24-17-29-26(33-25(24)34)31-19-12-14-23(15-13-19)36-22-10-5-4-6-11-22/h4-18H,1-3H3,(H,32,35)(H,29,31,33). The second-order valence-corrected chi connectivity index (χ2v) is 9.26. The summed E-state index contributed by atoms with van der Waals surface area (Å²) in [6.45, 7) is 5.45. The van der Waals surface area contributed by atoms with Gasteiger partial charge in [-0.2, -0.15) is 4.98 Å². The number of hydrogen-bond donors (Lipinski definition) is 2. The lowest BCUT2D eigenvalue weighted by Crippen LogP contribution is -2.27. The van der Waals surface area contributed by atoms with E-state index < -0.39 is 11.7 Å². The van der Waals surface area contributed by atoms with Gasteiger partial charge >= 0.3 is 6.09 Å². The second kappa shape index (κ2) is 9.98. The molecule has 0 aliphatic heterocycles. The maximum Gasteiger partial charge on any atom is 0.412 e. The molecule has 0 saturated heterocycles. The van der Waals surface area contributed by atoms with E-state index in [2.05, 4.69) is 25.6 Å². The van der Waals surface area contributed by atoms with Crippen LogP contribution in [0.25, 0.3) is 16.9 Å². The summed E-state index contributed by atoms with van der Waals surface area (Å²) in [4.78, 5) is 25.7. The summed E-state index contributed by atoms with van der Waals surface area (Å²) in [7, 11) is 0. The maximum absolute atomic E-state index is 12.2. The number of para-hydroxylation sites is 1. The summed E-state index contributed by atoms with van der Waals surface area (Å²) < 4.78 is 13.0. The lowest BCUT2D eigenvalue weighted by Gasteiger charge is -2.19. The molecule has 5 rings (SSSR count). The van der Waals surface area contributed by atoms with Crippen molar-refractivity contribution in [2.24, 2.45) is 0 Å². The Bertz CT molecular complexity index is 1530. The van der Waals surface area contributed by atoms with Crippen LogP contribution in [0, 0.1) is 0 Å². The molecule has 0 fully saturated rings. The summed E-state index contributed by atoms with van der Waals surface area (Å²) in [6.07, 6.45) is 2.82. The predicted octanol–water partition coefficient (Wildman–Crippen LogP) is 6.70. The fourth-order valence-corrected chi connectivity index (χ4v) is 3.57. The zero-order valence-corrected chi connectivity index (χ0v) is 20.7. The van der Waals surface area contributed by atoms with Crippen LogP contribution in [-0.2, 0) is 4.74 Å². The van der Waals surface area contributed by atoms with E-state index in [1.54, 1.807) is 18.6 Å². The minimum absolute atomic E-state index is 0.425. The highest BCUT2D eigenvalue weighted by Gasteiger charge is 2.16. The number of rotatable bonds is 6. The third kappa shape index (κ3) is 6.02. The lowest BCUT2D eigenvalue weighted by molar-refractivity contribution is 0.0636. The number of imidazole rings is 1. The molecule has 186 valence electrons. The number of hydrogen-bond acceptors (Lipinski definition) is 7. The monoisotopic (exact) mass is 494 g/mol. The van der Waals surface area contributed by atoms with Crippen LogP contribution in [0.2, 0.25) is 0 Å². The number of aromatic nitrogens is 4. The maximum atomic E-state index is 12.2. The van der Waals surface area contributed by atoms with E-state index in [1.165, 1.54) is 0 Å². The van der Waals surface area contributed by atoms with Gasteiger partial charge in [0.2, 0.25) is 5.95 Å². The van der Waals surface area contributed by atoms with Crippen molar-refractivity contribution in [1.29, 1.82) is 0 Å². The van der Waals surface area contributed by atoms with Crippen molar-refractivity contribution in [3.05, 3.63) is 91.4 Å². The third-order valence-corrected chi connectivity index (χ3v) is 5.15. The first-order chi connectivity index (χ1) is 17.8. The molecule has 9 nitrogen and oxygen atoms in total. The van der Waals surface area contributed by atoms with Gasteiger partial charge in [-0.15, -0.1) is 0 Å². The fourth-order valence-electron chi connectivity index (χ4n) is 3.57. The minimum Gasteiger partial charge on any atom is -0.457 e. The molecule has 5 aromatic rings. The van der Waals surface area contributed by atoms with E-state index in [4.69, 9.17) is 9.47 Å². The van der Waals surface area contributed by atoms with Gasteiger partial charge in [-0.05, 0) is 75.4 Å². The molecule has 0 aliphatic rings. The van der Waals surface area contributed by atoms with Crippen LogP contribution in [0.5, 0.6) is 11.5 Å². The summed E-state index contributed by atoms with van der Waals surface area (Å²) in [6, 6.07) is 24.5. The van der Waals surface area contributed by atoms with E-state index in [9.17, 15) is 4.79 Å². The van der Waals surface area contributed by atoms with Crippen molar-refractivity contribution in [3.63, 3.8) is 0 Å². The molecular weight excluding hydrogens is 468 g/mol. The van der Waals surface area contributed by atoms with Gasteiger partial charge < -0.3 is 14.8 Å². The summed E-state index contributed by atoms with van der Waals surface area (Å²) in [5.41, 5.74) is 2.87. The number of amides is 1. The smallest absolute Gasteiger partial charge is 0.412 e. The van der Waals surface area contributed by atoms with Crippen molar-refractivity contribution in [2.45, 2.75) is 26.4 Å². The molecule has 0 spiro atoms. The summed E-state index contributed by atoms with van der Waals surface area (Å²) in [5, 5.41) is 5.98. The van der Waals surface area contributed by atoms with E-state index in [0.29, 0.717) is 22.8 Å². The van der Waals surface area contributed by atoms with E-state index >= 15 is 0 Å². The van der Waals surface area contributed by atoms with Crippen LogP contribution in [0.1, 0.15) is 20.8 Å². The van der Waals surface area contributed by atoms with Crippen LogP contribution in [0.15, 0.2) is 91.4 Å². The van der Waals surface area contributed by atoms with Crippen LogP contribution in [0.3, 0.4) is 0 Å². The first-order valence-electron chi connectivity index (χ1n) is 11.7. The first-order valence-corrected chi connectivity index (χ1v) is 11.7. The Morgan fingerprint density at radius 2 is 1.62 bits per heavy atom. The van der Waals surface area contributed by atoms with Gasteiger partial charge in [0, 0.05) is 11.4 Å². The Morgan fingerprint density at radius 1 is 0.865 bits per heavy atom. The highest BCUT2D eigenvalue weighted by molar-refractivity contribution is 5.85. The lowest BCUT2D eigenvalue weighted by atomic mass is 10.2. The largest absolute Gasteiger partial charge is 0.457 e. The van der Waals surface area contributed by atoms with Crippen LogP contribution >= 0.6 is 0 Å². The number of carbonyl (C=O) groups excluding carboxylic acids is 1. The van der Waals surface area contributed by atoms with Gasteiger partial charge in [0.25, 0.3) is 0 Å². The predicted molar refractivity (Wildman–Crippen MR) is 143 cm³/mol. The molecule has 0 radical (unpaired) electrons. The fraction of sp³-hybridized carbons (Fsp3) is 0.143. The molecule has 2 aromatic heterocycles. The van der Waals surface area contributed by atoms with Crippen molar-refractivity contribution < 1.29 is 14.3 Å². The highest BCUT2D eigenvalue weighted by atomic mass is 16.6. The third-order valence-electron chi connectivity index (χ3n) is 5.15. The van der Waals surface area contributed by atoms with Crippen molar-refractivity contribution in [1.82, 2.24) is 19.5 Å². The molecule has 3 aromatic carbocycles. The van der Waals surface area contributed by atoms with Gasteiger partial charge in [0.15, 0.2) is 5.65 Å². The Kier molecular flexibility index (Phi) is 6.42. The molecule has 0 bridgehead atoms. The SMILES string of the molecule is CC(C)(C)OC(=O)Nc1cccc(-n2cnc3cnc(Nc4ccc(Oc5ccccc5)cc4)nc32)c1. The van der Waals surface area contributed by atoms with Crippen LogP contribution in [0.4, 0.5) is 22.1 Å². The van der Waals surface area contributed by atoms with Gasteiger partial charge in [-0.3, -0.25) is 9.88 Å². The number of carbonyl (C=O) groups is 1. The van der Waals surface area contributed by atoms with Crippen molar-refractivity contribution in [3.8, 4) is 17.2 Å². The summed E-state index contributed by atoms with van der Waals surface area (Å²) >= 11 is 0. The molecule has 9 heteroatoms. The normalized spacial score (nSPS) is 11.2. The number of ether oxygens (including phenoxy) is 2. The number of benzene rings is 3. The zero-order chi connectivity index (χ0) is 25.8. The molecule has 37 heavy (non-hydrogen) atoms. The average molecular weight is 495 g/mol. The highest BCUT2D eigenvalue weighted by Crippen LogP contribution is 2.25. The number of nitrogens with zero attached hydrogens (tertiary/aromatic N) is 4. The van der Waals surface area contributed by atoms with Crippen LogP contribution < -0.4 is 15.4 Å². The molecule has 0 aliphatic carbocycles. The van der Waals surface area contributed by atoms with E-state index in [-0.39, 0.29) is 0 Å². The Balaban J connectivity index is 1.33. The Hall–Kier alpha value is -4.92. The second-order valence-electron chi connectivity index (χ2n) is 9.26. The van der Waals surface area contributed by atoms with Gasteiger partial charge in [-0.25, -0.2) is 14.8 Å². The van der Waals surface area contributed by atoms with E-state index in [1.807, 2.05) is 98.1 Å². The quantitative estimate of drug-likeness (QED) is 0.271. The number of anilines is 3. The van der Waals surface area contributed by atoms with Gasteiger partial charge in [0.05, 0.1) is 11.9 Å². The van der Waals surface area contributed by atoms with Crippen molar-refractivity contribution >= 4 is 34.6 Å². The average Bonchev–Trinajstić information content (AvgIpc) is 3.28. The molecule has 1 amide bonds. The Morgan fingerprint density at radius 3 is 2.38 bits per heavy atom. The first kappa shape index (κ1) is 23.8.